The molecule has 2 heteroatoms. The van der Waals surface area contributed by atoms with Gasteiger partial charge in [-0.3, -0.25) is 0 Å². The van der Waals surface area contributed by atoms with Crippen molar-refractivity contribution in [2.75, 3.05) is 20.6 Å². The Balaban J connectivity index is 2.43. The Hall–Kier alpha value is 0.310. The van der Waals surface area contributed by atoms with Crippen LogP contribution in [0.3, 0.4) is 0 Å². The molecule has 0 spiro atoms. The van der Waals surface area contributed by atoms with E-state index in [1.54, 1.807) is 0 Å². The molecule has 1 rings (SSSR count). The maximum Gasteiger partial charge on any atom is 0.00927 e. The van der Waals surface area contributed by atoms with Gasteiger partial charge in [0.2, 0.25) is 0 Å². The van der Waals surface area contributed by atoms with E-state index in [-0.39, 0.29) is 0 Å². The summed E-state index contributed by atoms with van der Waals surface area (Å²) in [5, 5.41) is 0.900. The van der Waals surface area contributed by atoms with Crippen LogP contribution in [0.25, 0.3) is 0 Å². The zero-order valence-electron chi connectivity index (χ0n) is 10.3. The number of thioether (sulfide) groups is 1. The first kappa shape index (κ1) is 12.4. The van der Waals surface area contributed by atoms with Gasteiger partial charge in [-0.25, -0.2) is 0 Å². The average molecular weight is 215 g/mol. The number of nitrogens with zero attached hydrogens (tertiary/aromatic N) is 1. The summed E-state index contributed by atoms with van der Waals surface area (Å²) in [7, 11) is 4.38. The molecule has 0 amide bonds. The first-order chi connectivity index (χ1) is 6.38. The van der Waals surface area contributed by atoms with Crippen LogP contribution < -0.4 is 0 Å². The molecule has 0 aliphatic heterocycles. The molecule has 0 bridgehead atoms. The predicted octanol–water partition coefficient (Wildman–Crippen LogP) is 3.25. The minimum Gasteiger partial charge on any atom is -0.309 e. The highest BCUT2D eigenvalue weighted by Crippen LogP contribution is 2.41. The first-order valence-corrected chi connectivity index (χ1v) is 6.59. The fourth-order valence-electron chi connectivity index (χ4n) is 2.29. The highest BCUT2D eigenvalue weighted by Gasteiger charge is 2.31. The van der Waals surface area contributed by atoms with E-state index in [1.807, 2.05) is 0 Å². The summed E-state index contributed by atoms with van der Waals surface area (Å²) in [5.74, 6) is 0.925. The maximum absolute atomic E-state index is 2.34. The molecule has 0 aromatic heterocycles. The van der Waals surface area contributed by atoms with Gasteiger partial charge >= 0.3 is 0 Å². The van der Waals surface area contributed by atoms with Gasteiger partial charge in [0.05, 0.1) is 0 Å². The van der Waals surface area contributed by atoms with Gasteiger partial charge in [0.15, 0.2) is 0 Å². The lowest BCUT2D eigenvalue weighted by molar-refractivity contribution is 0.332. The smallest absolute Gasteiger partial charge is 0.00927 e. The van der Waals surface area contributed by atoms with Crippen LogP contribution in [0, 0.1) is 5.92 Å². The molecular formula is C12H25NS. The zero-order chi connectivity index (χ0) is 10.8. The van der Waals surface area contributed by atoms with Crippen molar-refractivity contribution in [3.63, 3.8) is 0 Å². The molecule has 84 valence electrons. The summed E-state index contributed by atoms with van der Waals surface area (Å²) in [6.45, 7) is 8.28. The van der Waals surface area contributed by atoms with Crippen molar-refractivity contribution >= 4 is 11.8 Å². The summed E-state index contributed by atoms with van der Waals surface area (Å²) >= 11 is 2.19. The number of hydrogen-bond donors (Lipinski definition) is 0. The molecule has 2 unspecified atom stereocenters. The molecule has 0 radical (unpaired) electrons. The largest absolute Gasteiger partial charge is 0.309 e. The molecule has 0 saturated heterocycles. The van der Waals surface area contributed by atoms with E-state index in [1.165, 1.54) is 25.8 Å². The minimum atomic E-state index is 0.430. The highest BCUT2D eigenvalue weighted by atomic mass is 32.2. The number of rotatable bonds is 3. The molecule has 0 aromatic carbocycles. The zero-order valence-corrected chi connectivity index (χ0v) is 11.2. The van der Waals surface area contributed by atoms with Crippen LogP contribution in [0.15, 0.2) is 0 Å². The molecule has 14 heavy (non-hydrogen) atoms. The molecule has 0 aromatic rings. The van der Waals surface area contributed by atoms with E-state index in [2.05, 4.69) is 51.5 Å². The van der Waals surface area contributed by atoms with Crippen LogP contribution in [-0.4, -0.2) is 35.5 Å². The van der Waals surface area contributed by atoms with Crippen LogP contribution in [0.1, 0.15) is 40.0 Å². The molecule has 1 nitrogen and oxygen atoms in total. The SMILES string of the molecule is CN(C)CC1CCCC1SC(C)(C)C. The van der Waals surface area contributed by atoms with E-state index >= 15 is 0 Å². The molecule has 2 atom stereocenters. The molecule has 1 aliphatic rings. The van der Waals surface area contributed by atoms with Gasteiger partial charge in [-0.2, -0.15) is 11.8 Å². The Bertz CT molecular complexity index is 172. The van der Waals surface area contributed by atoms with E-state index in [9.17, 15) is 0 Å². The van der Waals surface area contributed by atoms with Crippen molar-refractivity contribution in [1.82, 2.24) is 4.90 Å². The summed E-state index contributed by atoms with van der Waals surface area (Å²) in [5.41, 5.74) is 0. The van der Waals surface area contributed by atoms with Gasteiger partial charge in [-0.05, 0) is 32.9 Å². The lowest BCUT2D eigenvalue weighted by Gasteiger charge is -2.28. The lowest BCUT2D eigenvalue weighted by atomic mass is 10.1. The fourth-order valence-corrected chi connectivity index (χ4v) is 3.90. The maximum atomic E-state index is 2.34. The predicted molar refractivity (Wildman–Crippen MR) is 67.0 cm³/mol. The van der Waals surface area contributed by atoms with Gasteiger partial charge in [0.25, 0.3) is 0 Å². The van der Waals surface area contributed by atoms with E-state index in [0.29, 0.717) is 4.75 Å². The van der Waals surface area contributed by atoms with E-state index in [0.717, 1.165) is 11.2 Å². The second-order valence-electron chi connectivity index (χ2n) is 5.72. The fraction of sp³-hybridized carbons (Fsp3) is 1.00. The Kier molecular flexibility index (Phi) is 4.32. The molecule has 1 saturated carbocycles. The summed E-state index contributed by atoms with van der Waals surface area (Å²) in [6, 6.07) is 0. The van der Waals surface area contributed by atoms with Crippen molar-refractivity contribution in [1.29, 1.82) is 0 Å². The van der Waals surface area contributed by atoms with Gasteiger partial charge in [-0.15, -0.1) is 0 Å². The van der Waals surface area contributed by atoms with Crippen molar-refractivity contribution in [3.05, 3.63) is 0 Å². The third kappa shape index (κ3) is 4.22. The van der Waals surface area contributed by atoms with Crippen molar-refractivity contribution in [2.24, 2.45) is 5.92 Å². The highest BCUT2D eigenvalue weighted by molar-refractivity contribution is 8.01. The number of hydrogen-bond acceptors (Lipinski definition) is 2. The van der Waals surface area contributed by atoms with E-state index < -0.39 is 0 Å². The van der Waals surface area contributed by atoms with Crippen LogP contribution in [0.4, 0.5) is 0 Å². The lowest BCUT2D eigenvalue weighted by Crippen LogP contribution is -2.28. The molecule has 0 heterocycles. The van der Waals surface area contributed by atoms with Crippen molar-refractivity contribution in [3.8, 4) is 0 Å². The quantitative estimate of drug-likeness (QED) is 0.711. The van der Waals surface area contributed by atoms with Crippen molar-refractivity contribution in [2.45, 2.75) is 50.0 Å². The second-order valence-corrected chi connectivity index (χ2v) is 7.79. The minimum absolute atomic E-state index is 0.430. The van der Waals surface area contributed by atoms with Gasteiger partial charge in [0, 0.05) is 16.5 Å². The van der Waals surface area contributed by atoms with Gasteiger partial charge in [0.1, 0.15) is 0 Å². The molecule has 1 fully saturated rings. The third-order valence-corrected chi connectivity index (χ3v) is 4.32. The van der Waals surface area contributed by atoms with Gasteiger partial charge in [-0.1, -0.05) is 27.2 Å². The molecule has 1 aliphatic carbocycles. The summed E-state index contributed by atoms with van der Waals surface area (Å²) < 4.78 is 0.430. The Morgan fingerprint density at radius 1 is 1.21 bits per heavy atom. The van der Waals surface area contributed by atoms with Crippen LogP contribution in [0.5, 0.6) is 0 Å². The molecular weight excluding hydrogens is 190 g/mol. The van der Waals surface area contributed by atoms with Crippen LogP contribution in [0.2, 0.25) is 0 Å². The van der Waals surface area contributed by atoms with Crippen LogP contribution >= 0.6 is 11.8 Å². The molecule has 0 N–H and O–H groups in total. The summed E-state index contributed by atoms with van der Waals surface area (Å²) in [4.78, 5) is 2.34. The Morgan fingerprint density at radius 3 is 2.36 bits per heavy atom. The topological polar surface area (TPSA) is 3.24 Å². The Morgan fingerprint density at radius 2 is 1.86 bits per heavy atom. The van der Waals surface area contributed by atoms with Gasteiger partial charge < -0.3 is 4.90 Å². The Labute approximate surface area is 93.6 Å². The van der Waals surface area contributed by atoms with E-state index in [4.69, 9.17) is 0 Å². The second kappa shape index (κ2) is 4.89. The standard InChI is InChI=1S/C12H25NS/c1-12(2,3)14-11-8-6-7-10(11)9-13(4)5/h10-11H,6-9H2,1-5H3. The van der Waals surface area contributed by atoms with Crippen molar-refractivity contribution < 1.29 is 0 Å². The average Bonchev–Trinajstić information content (AvgIpc) is 2.32. The third-order valence-electron chi connectivity index (χ3n) is 2.69. The monoisotopic (exact) mass is 215 g/mol. The van der Waals surface area contributed by atoms with Crippen LogP contribution in [-0.2, 0) is 0 Å². The normalized spacial score (nSPS) is 28.7. The first-order valence-electron chi connectivity index (χ1n) is 5.71. The summed E-state index contributed by atoms with van der Waals surface area (Å²) in [6.07, 6.45) is 4.30.